The summed E-state index contributed by atoms with van der Waals surface area (Å²) in [7, 11) is 1.85. The lowest BCUT2D eigenvalue weighted by molar-refractivity contribution is -0.118. The standard InChI is InChI=1S/C14H20N2O/c1-4-15-10(2)11-5-7-13-12(9-11)6-8-14(17)16(13)3/h5,7,9-10,15H,4,6,8H2,1-3H3. The van der Waals surface area contributed by atoms with Crippen molar-refractivity contribution in [2.24, 2.45) is 0 Å². The van der Waals surface area contributed by atoms with Crippen molar-refractivity contribution in [3.05, 3.63) is 29.3 Å². The van der Waals surface area contributed by atoms with Crippen molar-refractivity contribution < 1.29 is 4.79 Å². The van der Waals surface area contributed by atoms with Crippen LogP contribution in [-0.4, -0.2) is 19.5 Å². The molecular formula is C14H20N2O. The molecule has 0 aromatic heterocycles. The third kappa shape index (κ3) is 2.34. The zero-order chi connectivity index (χ0) is 12.4. The average Bonchev–Trinajstić information content (AvgIpc) is 2.34. The Morgan fingerprint density at radius 3 is 2.88 bits per heavy atom. The summed E-state index contributed by atoms with van der Waals surface area (Å²) in [5, 5.41) is 3.41. The Kier molecular flexibility index (Phi) is 3.48. The molecule has 1 atom stereocenters. The topological polar surface area (TPSA) is 32.3 Å². The second-order valence-electron chi connectivity index (χ2n) is 4.62. The normalized spacial score (nSPS) is 16.9. The molecule has 2 rings (SSSR count). The van der Waals surface area contributed by atoms with Gasteiger partial charge in [-0.05, 0) is 37.1 Å². The first-order valence-corrected chi connectivity index (χ1v) is 6.26. The predicted octanol–water partition coefficient (Wildman–Crippen LogP) is 2.27. The van der Waals surface area contributed by atoms with E-state index in [4.69, 9.17) is 0 Å². The fourth-order valence-corrected chi connectivity index (χ4v) is 2.37. The van der Waals surface area contributed by atoms with E-state index in [-0.39, 0.29) is 5.91 Å². The van der Waals surface area contributed by atoms with E-state index in [1.807, 2.05) is 7.05 Å². The zero-order valence-corrected chi connectivity index (χ0v) is 10.8. The molecule has 3 heteroatoms. The Balaban J connectivity index is 2.29. The van der Waals surface area contributed by atoms with E-state index in [2.05, 4.69) is 37.4 Å². The van der Waals surface area contributed by atoms with Crippen molar-refractivity contribution in [2.45, 2.75) is 32.7 Å². The van der Waals surface area contributed by atoms with Gasteiger partial charge in [0.25, 0.3) is 0 Å². The van der Waals surface area contributed by atoms with Gasteiger partial charge in [-0.15, -0.1) is 0 Å². The van der Waals surface area contributed by atoms with Crippen LogP contribution in [0, 0.1) is 0 Å². The second kappa shape index (κ2) is 4.88. The molecule has 17 heavy (non-hydrogen) atoms. The highest BCUT2D eigenvalue weighted by molar-refractivity contribution is 5.95. The number of carbonyl (C=O) groups excluding carboxylic acids is 1. The Morgan fingerprint density at radius 2 is 2.18 bits per heavy atom. The summed E-state index contributed by atoms with van der Waals surface area (Å²) in [4.78, 5) is 13.4. The minimum atomic E-state index is 0.213. The van der Waals surface area contributed by atoms with Crippen LogP contribution in [0.5, 0.6) is 0 Å². The maximum absolute atomic E-state index is 11.6. The predicted molar refractivity (Wildman–Crippen MR) is 70.3 cm³/mol. The number of fused-ring (bicyclic) bond motifs is 1. The molecule has 1 N–H and O–H groups in total. The Hall–Kier alpha value is -1.35. The molecule has 1 aromatic rings. The van der Waals surface area contributed by atoms with E-state index in [9.17, 15) is 4.79 Å². The number of carbonyl (C=O) groups is 1. The zero-order valence-electron chi connectivity index (χ0n) is 10.8. The van der Waals surface area contributed by atoms with Gasteiger partial charge in [0.15, 0.2) is 0 Å². The van der Waals surface area contributed by atoms with Gasteiger partial charge >= 0.3 is 0 Å². The van der Waals surface area contributed by atoms with Crippen LogP contribution in [0.4, 0.5) is 5.69 Å². The number of amides is 1. The van der Waals surface area contributed by atoms with Crippen LogP contribution in [0.1, 0.15) is 37.4 Å². The number of hydrogen-bond donors (Lipinski definition) is 1. The van der Waals surface area contributed by atoms with Gasteiger partial charge in [-0.25, -0.2) is 0 Å². The maximum Gasteiger partial charge on any atom is 0.227 e. The molecular weight excluding hydrogens is 212 g/mol. The smallest absolute Gasteiger partial charge is 0.227 e. The van der Waals surface area contributed by atoms with Gasteiger partial charge in [0.05, 0.1) is 0 Å². The molecule has 1 aliphatic heterocycles. The van der Waals surface area contributed by atoms with Gasteiger partial charge in [-0.2, -0.15) is 0 Å². The van der Waals surface area contributed by atoms with Crippen LogP contribution in [0.25, 0.3) is 0 Å². The van der Waals surface area contributed by atoms with Gasteiger partial charge in [-0.1, -0.05) is 19.1 Å². The van der Waals surface area contributed by atoms with Crippen LogP contribution in [0.3, 0.4) is 0 Å². The third-order valence-electron chi connectivity index (χ3n) is 3.46. The maximum atomic E-state index is 11.6. The quantitative estimate of drug-likeness (QED) is 0.867. The minimum absolute atomic E-state index is 0.213. The van der Waals surface area contributed by atoms with Gasteiger partial charge in [0, 0.05) is 25.2 Å². The highest BCUT2D eigenvalue weighted by Gasteiger charge is 2.21. The molecule has 92 valence electrons. The lowest BCUT2D eigenvalue weighted by atomic mass is 9.97. The Morgan fingerprint density at radius 1 is 1.41 bits per heavy atom. The molecule has 1 heterocycles. The molecule has 1 aromatic carbocycles. The lowest BCUT2D eigenvalue weighted by Gasteiger charge is -2.27. The number of hydrogen-bond acceptors (Lipinski definition) is 2. The number of nitrogens with one attached hydrogen (secondary N) is 1. The van der Waals surface area contributed by atoms with Crippen molar-refractivity contribution in [1.82, 2.24) is 5.32 Å². The second-order valence-corrected chi connectivity index (χ2v) is 4.62. The van der Waals surface area contributed by atoms with E-state index in [1.165, 1.54) is 11.1 Å². The minimum Gasteiger partial charge on any atom is -0.315 e. The van der Waals surface area contributed by atoms with Gasteiger partial charge in [-0.3, -0.25) is 4.79 Å². The molecule has 1 aliphatic rings. The monoisotopic (exact) mass is 232 g/mol. The molecule has 0 fully saturated rings. The molecule has 0 radical (unpaired) electrons. The molecule has 1 unspecified atom stereocenters. The number of nitrogens with zero attached hydrogens (tertiary/aromatic N) is 1. The Labute approximate surface area is 103 Å². The highest BCUT2D eigenvalue weighted by Crippen LogP contribution is 2.29. The van der Waals surface area contributed by atoms with Crippen molar-refractivity contribution in [2.75, 3.05) is 18.5 Å². The van der Waals surface area contributed by atoms with Crippen LogP contribution in [0.2, 0.25) is 0 Å². The first-order chi connectivity index (χ1) is 8.13. The van der Waals surface area contributed by atoms with E-state index in [0.29, 0.717) is 12.5 Å². The fraction of sp³-hybridized carbons (Fsp3) is 0.500. The van der Waals surface area contributed by atoms with E-state index in [0.717, 1.165) is 18.7 Å². The molecule has 0 spiro atoms. The highest BCUT2D eigenvalue weighted by atomic mass is 16.2. The van der Waals surface area contributed by atoms with Crippen LogP contribution in [-0.2, 0) is 11.2 Å². The number of benzene rings is 1. The summed E-state index contributed by atoms with van der Waals surface area (Å²) in [6, 6.07) is 6.77. The van der Waals surface area contributed by atoms with Crippen LogP contribution in [0.15, 0.2) is 18.2 Å². The van der Waals surface area contributed by atoms with Crippen molar-refractivity contribution in [3.63, 3.8) is 0 Å². The SMILES string of the molecule is CCNC(C)c1ccc2c(c1)CCC(=O)N2C. The van der Waals surface area contributed by atoms with Gasteiger partial charge in [0.1, 0.15) is 0 Å². The van der Waals surface area contributed by atoms with Crippen LogP contribution >= 0.6 is 0 Å². The summed E-state index contributed by atoms with van der Waals surface area (Å²) in [6.07, 6.45) is 1.49. The van der Waals surface area contributed by atoms with E-state index in [1.54, 1.807) is 4.90 Å². The molecule has 3 nitrogen and oxygen atoms in total. The molecule has 1 amide bonds. The number of aryl methyl sites for hydroxylation is 1. The number of rotatable bonds is 3. The summed E-state index contributed by atoms with van der Waals surface area (Å²) in [6.45, 7) is 5.25. The largest absolute Gasteiger partial charge is 0.315 e. The average molecular weight is 232 g/mol. The molecule has 0 bridgehead atoms. The van der Waals surface area contributed by atoms with Crippen LogP contribution < -0.4 is 10.2 Å². The third-order valence-corrected chi connectivity index (χ3v) is 3.46. The fourth-order valence-electron chi connectivity index (χ4n) is 2.37. The summed E-state index contributed by atoms with van der Waals surface area (Å²) in [5.74, 6) is 0.213. The van der Waals surface area contributed by atoms with Crippen molar-refractivity contribution >= 4 is 11.6 Å². The summed E-state index contributed by atoms with van der Waals surface area (Å²) < 4.78 is 0. The van der Waals surface area contributed by atoms with Gasteiger partial charge in [0.2, 0.25) is 5.91 Å². The molecule has 0 saturated heterocycles. The van der Waals surface area contributed by atoms with E-state index >= 15 is 0 Å². The van der Waals surface area contributed by atoms with E-state index < -0.39 is 0 Å². The van der Waals surface area contributed by atoms with Gasteiger partial charge < -0.3 is 10.2 Å². The lowest BCUT2D eigenvalue weighted by Crippen LogP contribution is -2.31. The van der Waals surface area contributed by atoms with Crippen molar-refractivity contribution in [1.29, 1.82) is 0 Å². The summed E-state index contributed by atoms with van der Waals surface area (Å²) >= 11 is 0. The van der Waals surface area contributed by atoms with Crippen molar-refractivity contribution in [3.8, 4) is 0 Å². The molecule has 0 saturated carbocycles. The first-order valence-electron chi connectivity index (χ1n) is 6.26. The summed E-state index contributed by atoms with van der Waals surface area (Å²) in [5.41, 5.74) is 3.65. The Bertz CT molecular complexity index is 428. The molecule has 0 aliphatic carbocycles. The first kappa shape index (κ1) is 12.1. The number of anilines is 1.